The SMILES string of the molecule is COc1ncccc1CNC(=O)c1cc(-c2ccco2)nc2c1cnn2C(C)C. The van der Waals surface area contributed by atoms with Gasteiger partial charge in [0.15, 0.2) is 11.4 Å². The molecule has 0 saturated carbocycles. The van der Waals surface area contributed by atoms with Crippen molar-refractivity contribution < 1.29 is 13.9 Å². The largest absolute Gasteiger partial charge is 0.481 e. The molecule has 0 aromatic carbocycles. The fraction of sp³-hybridized carbons (Fsp3) is 0.238. The van der Waals surface area contributed by atoms with Gasteiger partial charge in [0.25, 0.3) is 5.91 Å². The van der Waals surface area contributed by atoms with E-state index in [0.717, 1.165) is 5.56 Å². The Balaban J connectivity index is 1.72. The second-order valence-electron chi connectivity index (χ2n) is 6.81. The molecular formula is C21H21N5O3. The van der Waals surface area contributed by atoms with Crippen LogP contribution in [0.2, 0.25) is 0 Å². The van der Waals surface area contributed by atoms with E-state index in [0.29, 0.717) is 33.9 Å². The summed E-state index contributed by atoms with van der Waals surface area (Å²) in [5, 5.41) is 8.04. The second-order valence-corrected chi connectivity index (χ2v) is 6.81. The van der Waals surface area contributed by atoms with Crippen molar-refractivity contribution in [2.75, 3.05) is 7.11 Å². The third-order valence-corrected chi connectivity index (χ3v) is 4.56. The molecule has 4 heterocycles. The van der Waals surface area contributed by atoms with E-state index in [9.17, 15) is 4.79 Å². The van der Waals surface area contributed by atoms with Crippen LogP contribution in [0.4, 0.5) is 0 Å². The first kappa shape index (κ1) is 18.7. The van der Waals surface area contributed by atoms with Crippen molar-refractivity contribution in [3.8, 4) is 17.3 Å². The molecule has 0 aliphatic carbocycles. The highest BCUT2D eigenvalue weighted by Gasteiger charge is 2.19. The molecule has 8 heteroatoms. The number of carbonyl (C=O) groups excluding carboxylic acids is 1. The average Bonchev–Trinajstić information content (AvgIpc) is 3.41. The van der Waals surface area contributed by atoms with Crippen LogP contribution in [0, 0.1) is 0 Å². The first-order valence-electron chi connectivity index (χ1n) is 9.26. The fourth-order valence-electron chi connectivity index (χ4n) is 3.15. The lowest BCUT2D eigenvalue weighted by Crippen LogP contribution is -2.23. The molecule has 0 bridgehead atoms. The van der Waals surface area contributed by atoms with E-state index >= 15 is 0 Å². The van der Waals surface area contributed by atoms with Crippen LogP contribution in [0.25, 0.3) is 22.5 Å². The Bertz CT molecular complexity index is 1150. The van der Waals surface area contributed by atoms with Gasteiger partial charge in [-0.1, -0.05) is 6.07 Å². The number of hydrogen-bond donors (Lipinski definition) is 1. The molecule has 1 amide bonds. The number of hydrogen-bond acceptors (Lipinski definition) is 6. The first-order chi connectivity index (χ1) is 14.1. The summed E-state index contributed by atoms with van der Waals surface area (Å²) in [5.41, 5.74) is 2.49. The highest BCUT2D eigenvalue weighted by atomic mass is 16.5. The van der Waals surface area contributed by atoms with Crippen molar-refractivity contribution in [3.05, 3.63) is 60.1 Å². The minimum atomic E-state index is -0.237. The zero-order valence-electron chi connectivity index (χ0n) is 16.4. The Kier molecular flexibility index (Phi) is 4.99. The summed E-state index contributed by atoms with van der Waals surface area (Å²) in [6, 6.07) is 9.09. The maximum atomic E-state index is 13.1. The molecule has 0 atom stereocenters. The molecule has 148 valence electrons. The number of methoxy groups -OCH3 is 1. The van der Waals surface area contributed by atoms with Crippen molar-refractivity contribution in [2.24, 2.45) is 0 Å². The Morgan fingerprint density at radius 3 is 2.90 bits per heavy atom. The van der Waals surface area contributed by atoms with Gasteiger partial charge in [-0.05, 0) is 38.1 Å². The molecule has 0 radical (unpaired) electrons. The lowest BCUT2D eigenvalue weighted by Gasteiger charge is -2.11. The van der Waals surface area contributed by atoms with E-state index in [-0.39, 0.29) is 18.5 Å². The van der Waals surface area contributed by atoms with Gasteiger partial charge in [-0.25, -0.2) is 14.6 Å². The third-order valence-electron chi connectivity index (χ3n) is 4.56. The fourth-order valence-corrected chi connectivity index (χ4v) is 3.15. The summed E-state index contributed by atoms with van der Waals surface area (Å²) >= 11 is 0. The molecule has 0 unspecified atom stereocenters. The van der Waals surface area contributed by atoms with Crippen LogP contribution in [0.3, 0.4) is 0 Å². The lowest BCUT2D eigenvalue weighted by molar-refractivity contribution is 0.0952. The molecule has 4 aromatic heterocycles. The average molecular weight is 391 g/mol. The molecule has 0 spiro atoms. The highest BCUT2D eigenvalue weighted by Crippen LogP contribution is 2.26. The van der Waals surface area contributed by atoms with Gasteiger partial charge in [-0.3, -0.25) is 4.79 Å². The van der Waals surface area contributed by atoms with E-state index in [1.54, 1.807) is 48.6 Å². The number of carbonyl (C=O) groups is 1. The minimum Gasteiger partial charge on any atom is -0.481 e. The summed E-state index contributed by atoms with van der Waals surface area (Å²) in [7, 11) is 1.55. The van der Waals surface area contributed by atoms with Gasteiger partial charge < -0.3 is 14.5 Å². The minimum absolute atomic E-state index is 0.0995. The Morgan fingerprint density at radius 1 is 1.31 bits per heavy atom. The topological polar surface area (TPSA) is 95.1 Å². The molecule has 0 aliphatic rings. The Hall–Kier alpha value is -3.68. The number of nitrogens with zero attached hydrogens (tertiary/aromatic N) is 4. The maximum absolute atomic E-state index is 13.1. The van der Waals surface area contributed by atoms with Crippen molar-refractivity contribution in [3.63, 3.8) is 0 Å². The van der Waals surface area contributed by atoms with Crippen molar-refractivity contribution in [1.29, 1.82) is 0 Å². The Morgan fingerprint density at radius 2 is 2.17 bits per heavy atom. The normalized spacial score (nSPS) is 11.2. The number of aromatic nitrogens is 4. The molecule has 4 rings (SSSR count). The number of pyridine rings is 2. The van der Waals surface area contributed by atoms with E-state index < -0.39 is 0 Å². The van der Waals surface area contributed by atoms with Crippen molar-refractivity contribution in [2.45, 2.75) is 26.4 Å². The quantitative estimate of drug-likeness (QED) is 0.540. The third kappa shape index (κ3) is 3.56. The number of fused-ring (bicyclic) bond motifs is 1. The molecule has 0 aliphatic heterocycles. The summed E-state index contributed by atoms with van der Waals surface area (Å²) in [6.45, 7) is 4.32. The van der Waals surface area contributed by atoms with Crippen LogP contribution >= 0.6 is 0 Å². The lowest BCUT2D eigenvalue weighted by atomic mass is 10.1. The van der Waals surface area contributed by atoms with Gasteiger partial charge in [-0.15, -0.1) is 0 Å². The second kappa shape index (κ2) is 7.75. The molecule has 29 heavy (non-hydrogen) atoms. The highest BCUT2D eigenvalue weighted by molar-refractivity contribution is 6.06. The van der Waals surface area contributed by atoms with Gasteiger partial charge in [-0.2, -0.15) is 5.10 Å². The molecule has 4 aromatic rings. The molecule has 8 nitrogen and oxygen atoms in total. The van der Waals surface area contributed by atoms with E-state index in [2.05, 4.69) is 20.4 Å². The molecule has 0 fully saturated rings. The van der Waals surface area contributed by atoms with Crippen molar-refractivity contribution in [1.82, 2.24) is 25.1 Å². The van der Waals surface area contributed by atoms with Crippen molar-refractivity contribution >= 4 is 16.9 Å². The summed E-state index contributed by atoms with van der Waals surface area (Å²) in [5.74, 6) is 0.836. The number of furan rings is 1. The van der Waals surface area contributed by atoms with Crippen LogP contribution < -0.4 is 10.1 Å². The van der Waals surface area contributed by atoms with Crippen LogP contribution in [-0.4, -0.2) is 32.8 Å². The van der Waals surface area contributed by atoms with Crippen LogP contribution in [-0.2, 0) is 6.54 Å². The van der Waals surface area contributed by atoms with E-state index in [4.69, 9.17) is 9.15 Å². The molecular weight excluding hydrogens is 370 g/mol. The van der Waals surface area contributed by atoms with Gasteiger partial charge >= 0.3 is 0 Å². The van der Waals surface area contributed by atoms with Gasteiger partial charge in [0.05, 0.1) is 30.5 Å². The number of ether oxygens (including phenoxy) is 1. The number of rotatable bonds is 6. The Labute approximate surface area is 167 Å². The monoisotopic (exact) mass is 391 g/mol. The van der Waals surface area contributed by atoms with Gasteiger partial charge in [0, 0.05) is 24.3 Å². The van der Waals surface area contributed by atoms with Crippen LogP contribution in [0.15, 0.2) is 53.4 Å². The smallest absolute Gasteiger partial charge is 0.252 e. The molecule has 1 N–H and O–H groups in total. The zero-order chi connectivity index (χ0) is 20.4. The van der Waals surface area contributed by atoms with Gasteiger partial charge in [0.1, 0.15) is 5.69 Å². The predicted molar refractivity (Wildman–Crippen MR) is 108 cm³/mol. The summed E-state index contributed by atoms with van der Waals surface area (Å²) < 4.78 is 12.5. The molecule has 0 saturated heterocycles. The summed E-state index contributed by atoms with van der Waals surface area (Å²) in [6.07, 6.45) is 4.90. The number of amides is 1. The summed E-state index contributed by atoms with van der Waals surface area (Å²) in [4.78, 5) is 21.9. The number of nitrogens with one attached hydrogen (secondary N) is 1. The first-order valence-corrected chi connectivity index (χ1v) is 9.26. The van der Waals surface area contributed by atoms with E-state index in [1.165, 1.54) is 0 Å². The van der Waals surface area contributed by atoms with E-state index in [1.807, 2.05) is 26.0 Å². The van der Waals surface area contributed by atoms with Crippen LogP contribution in [0.5, 0.6) is 5.88 Å². The maximum Gasteiger partial charge on any atom is 0.252 e. The standard InChI is InChI=1S/C21H21N5O3/c1-13(2)26-19-16(12-24-26)15(10-17(25-19)18-7-5-9-29-18)20(27)23-11-14-6-4-8-22-21(14)28-3/h4-10,12-13H,11H2,1-3H3,(H,23,27). The zero-order valence-corrected chi connectivity index (χ0v) is 16.4. The van der Waals surface area contributed by atoms with Crippen LogP contribution in [0.1, 0.15) is 35.8 Å². The van der Waals surface area contributed by atoms with Gasteiger partial charge in [0.2, 0.25) is 5.88 Å². The predicted octanol–water partition coefficient (Wildman–Crippen LogP) is 3.61.